The Bertz CT molecular complexity index is 344. The molecule has 2 fully saturated rings. The summed E-state index contributed by atoms with van der Waals surface area (Å²) in [7, 11) is 2.11. The van der Waals surface area contributed by atoms with E-state index in [0.29, 0.717) is 13.0 Å². The standard InChI is InChI=1S/C16H31N3O3/c1-13-10-19(11-14(2)22-13)7-5-16(20)17-6-4-15-12-18(3)8-9-21-15/h13-15H,4-12H2,1-3H3,(H,17,20). The van der Waals surface area contributed by atoms with Crippen molar-refractivity contribution in [2.45, 2.75) is 45.0 Å². The van der Waals surface area contributed by atoms with Gasteiger partial charge in [-0.25, -0.2) is 0 Å². The Hall–Kier alpha value is -0.690. The molecule has 2 saturated heterocycles. The number of rotatable bonds is 6. The lowest BCUT2D eigenvalue weighted by Gasteiger charge is -2.35. The first-order valence-electron chi connectivity index (χ1n) is 8.47. The van der Waals surface area contributed by atoms with Crippen LogP contribution in [0.3, 0.4) is 0 Å². The van der Waals surface area contributed by atoms with Gasteiger partial charge >= 0.3 is 0 Å². The van der Waals surface area contributed by atoms with E-state index >= 15 is 0 Å². The first-order valence-corrected chi connectivity index (χ1v) is 8.47. The molecule has 0 saturated carbocycles. The number of hydrogen-bond acceptors (Lipinski definition) is 5. The highest BCUT2D eigenvalue weighted by atomic mass is 16.5. The molecule has 0 aromatic heterocycles. The third kappa shape index (κ3) is 6.20. The van der Waals surface area contributed by atoms with Gasteiger partial charge in [0.15, 0.2) is 0 Å². The molecular weight excluding hydrogens is 282 g/mol. The van der Waals surface area contributed by atoms with Crippen LogP contribution < -0.4 is 5.32 Å². The maximum atomic E-state index is 11.9. The Balaban J connectivity index is 1.56. The van der Waals surface area contributed by atoms with Gasteiger partial charge in [0.1, 0.15) is 0 Å². The molecule has 0 aromatic rings. The molecule has 3 atom stereocenters. The number of nitrogens with zero attached hydrogens (tertiary/aromatic N) is 2. The van der Waals surface area contributed by atoms with Gasteiger partial charge in [-0.15, -0.1) is 0 Å². The molecule has 0 bridgehead atoms. The molecule has 6 heteroatoms. The van der Waals surface area contributed by atoms with E-state index in [1.807, 2.05) is 0 Å². The molecule has 2 rings (SSSR count). The quantitative estimate of drug-likeness (QED) is 0.765. The number of nitrogens with one attached hydrogen (secondary N) is 1. The highest BCUT2D eigenvalue weighted by Crippen LogP contribution is 2.10. The van der Waals surface area contributed by atoms with E-state index in [4.69, 9.17) is 9.47 Å². The topological polar surface area (TPSA) is 54.0 Å². The van der Waals surface area contributed by atoms with E-state index < -0.39 is 0 Å². The van der Waals surface area contributed by atoms with Crippen molar-refractivity contribution in [3.05, 3.63) is 0 Å². The first kappa shape index (κ1) is 17.7. The van der Waals surface area contributed by atoms with Crippen LogP contribution in [0.1, 0.15) is 26.7 Å². The maximum absolute atomic E-state index is 11.9. The van der Waals surface area contributed by atoms with Gasteiger partial charge in [0, 0.05) is 45.7 Å². The molecule has 0 spiro atoms. The largest absolute Gasteiger partial charge is 0.375 e. The molecule has 0 aliphatic carbocycles. The van der Waals surface area contributed by atoms with Crippen molar-refractivity contribution in [2.75, 3.05) is 52.9 Å². The van der Waals surface area contributed by atoms with Crippen molar-refractivity contribution in [1.82, 2.24) is 15.1 Å². The SMILES string of the molecule is CC1CN(CCC(=O)NCCC2CN(C)CCO2)CC(C)O1. The zero-order chi connectivity index (χ0) is 15.9. The normalized spacial score (nSPS) is 31.1. The van der Waals surface area contributed by atoms with Gasteiger partial charge < -0.3 is 19.7 Å². The second-order valence-electron chi connectivity index (χ2n) is 6.66. The Morgan fingerprint density at radius 1 is 1.23 bits per heavy atom. The van der Waals surface area contributed by atoms with Crippen LogP contribution in [-0.2, 0) is 14.3 Å². The van der Waals surface area contributed by atoms with Gasteiger partial charge in [-0.05, 0) is 27.3 Å². The second-order valence-corrected chi connectivity index (χ2v) is 6.66. The van der Waals surface area contributed by atoms with Crippen LogP contribution in [0.25, 0.3) is 0 Å². The summed E-state index contributed by atoms with van der Waals surface area (Å²) in [5, 5.41) is 3.01. The van der Waals surface area contributed by atoms with Crippen molar-refractivity contribution in [3.8, 4) is 0 Å². The summed E-state index contributed by atoms with van der Waals surface area (Å²) in [6.45, 7) is 10.3. The van der Waals surface area contributed by atoms with Crippen molar-refractivity contribution in [3.63, 3.8) is 0 Å². The lowest BCUT2D eigenvalue weighted by Crippen LogP contribution is -2.46. The molecule has 22 heavy (non-hydrogen) atoms. The molecule has 2 aliphatic heterocycles. The van der Waals surface area contributed by atoms with E-state index in [2.05, 4.69) is 36.0 Å². The first-order chi connectivity index (χ1) is 10.5. The summed E-state index contributed by atoms with van der Waals surface area (Å²) in [6.07, 6.45) is 2.21. The molecule has 0 radical (unpaired) electrons. The van der Waals surface area contributed by atoms with Gasteiger partial charge in [0.05, 0.1) is 24.9 Å². The molecule has 6 nitrogen and oxygen atoms in total. The Labute approximate surface area is 134 Å². The summed E-state index contributed by atoms with van der Waals surface area (Å²) in [5.74, 6) is 0.135. The lowest BCUT2D eigenvalue weighted by atomic mass is 10.2. The third-order valence-electron chi connectivity index (χ3n) is 4.28. The van der Waals surface area contributed by atoms with Crippen molar-refractivity contribution >= 4 is 5.91 Å². The van der Waals surface area contributed by atoms with Crippen molar-refractivity contribution < 1.29 is 14.3 Å². The average molecular weight is 313 g/mol. The van der Waals surface area contributed by atoms with Crippen LogP contribution in [0.2, 0.25) is 0 Å². The van der Waals surface area contributed by atoms with Gasteiger partial charge in [0.25, 0.3) is 0 Å². The Morgan fingerprint density at radius 3 is 2.64 bits per heavy atom. The zero-order valence-corrected chi connectivity index (χ0v) is 14.2. The molecule has 2 aliphatic rings. The number of carbonyl (C=O) groups is 1. The fourth-order valence-corrected chi connectivity index (χ4v) is 3.23. The van der Waals surface area contributed by atoms with Gasteiger partial charge in [0.2, 0.25) is 5.91 Å². The number of ether oxygens (including phenoxy) is 2. The van der Waals surface area contributed by atoms with E-state index in [0.717, 1.165) is 45.8 Å². The zero-order valence-electron chi connectivity index (χ0n) is 14.2. The van der Waals surface area contributed by atoms with Crippen molar-refractivity contribution in [1.29, 1.82) is 0 Å². The number of amides is 1. The fraction of sp³-hybridized carbons (Fsp3) is 0.938. The summed E-state index contributed by atoms with van der Waals surface area (Å²) >= 11 is 0. The monoisotopic (exact) mass is 313 g/mol. The Morgan fingerprint density at radius 2 is 1.95 bits per heavy atom. The van der Waals surface area contributed by atoms with Gasteiger partial charge in [-0.2, -0.15) is 0 Å². The van der Waals surface area contributed by atoms with Crippen LogP contribution >= 0.6 is 0 Å². The maximum Gasteiger partial charge on any atom is 0.221 e. The smallest absolute Gasteiger partial charge is 0.221 e. The second kappa shape index (κ2) is 8.82. The highest BCUT2D eigenvalue weighted by Gasteiger charge is 2.22. The molecule has 0 aromatic carbocycles. The van der Waals surface area contributed by atoms with Gasteiger partial charge in [-0.1, -0.05) is 0 Å². The van der Waals surface area contributed by atoms with Crippen LogP contribution in [0.5, 0.6) is 0 Å². The van der Waals surface area contributed by atoms with Gasteiger partial charge in [-0.3, -0.25) is 9.69 Å². The van der Waals surface area contributed by atoms with Crippen molar-refractivity contribution in [2.24, 2.45) is 0 Å². The molecule has 2 heterocycles. The summed E-state index contributed by atoms with van der Waals surface area (Å²) < 4.78 is 11.4. The summed E-state index contributed by atoms with van der Waals surface area (Å²) in [4.78, 5) is 16.5. The predicted octanol–water partition coefficient (Wildman–Crippen LogP) is 0.323. The van der Waals surface area contributed by atoms with E-state index in [1.54, 1.807) is 0 Å². The van der Waals surface area contributed by atoms with Crippen LogP contribution in [0, 0.1) is 0 Å². The number of hydrogen-bond donors (Lipinski definition) is 1. The fourth-order valence-electron chi connectivity index (χ4n) is 3.23. The third-order valence-corrected chi connectivity index (χ3v) is 4.28. The minimum absolute atomic E-state index is 0.135. The number of carbonyl (C=O) groups excluding carboxylic acids is 1. The number of likely N-dealkylation sites (N-methyl/N-ethyl adjacent to an activating group) is 1. The highest BCUT2D eigenvalue weighted by molar-refractivity contribution is 5.76. The lowest BCUT2D eigenvalue weighted by molar-refractivity contribution is -0.122. The summed E-state index contributed by atoms with van der Waals surface area (Å²) in [6, 6.07) is 0. The van der Waals surface area contributed by atoms with E-state index in [-0.39, 0.29) is 24.2 Å². The summed E-state index contributed by atoms with van der Waals surface area (Å²) in [5.41, 5.74) is 0. The Kier molecular flexibility index (Phi) is 7.08. The predicted molar refractivity (Wildman–Crippen MR) is 85.9 cm³/mol. The van der Waals surface area contributed by atoms with Crippen LogP contribution in [0.15, 0.2) is 0 Å². The molecule has 1 amide bonds. The molecular formula is C16H31N3O3. The van der Waals surface area contributed by atoms with E-state index in [9.17, 15) is 4.79 Å². The minimum Gasteiger partial charge on any atom is -0.375 e. The number of morpholine rings is 2. The molecule has 3 unspecified atom stereocenters. The van der Waals surface area contributed by atoms with Crippen LogP contribution in [0.4, 0.5) is 0 Å². The average Bonchev–Trinajstić information content (AvgIpc) is 2.44. The minimum atomic E-state index is 0.135. The van der Waals surface area contributed by atoms with E-state index in [1.165, 1.54) is 0 Å². The van der Waals surface area contributed by atoms with Crippen LogP contribution in [-0.4, -0.2) is 86.9 Å². The molecule has 1 N–H and O–H groups in total. The molecule has 128 valence electrons.